The van der Waals surface area contributed by atoms with Gasteiger partial charge in [0, 0.05) is 57.2 Å². The number of carbonyl (C=O) groups is 1. The van der Waals surface area contributed by atoms with Crippen molar-refractivity contribution in [2.45, 2.75) is 19.6 Å². The maximum atomic E-state index is 11.7. The molecule has 2 saturated heterocycles. The number of hydrogen-bond acceptors (Lipinski definition) is 6. The molecule has 3 aromatic rings. The van der Waals surface area contributed by atoms with Crippen molar-refractivity contribution in [1.29, 1.82) is 0 Å². The number of anilines is 2. The number of nitrogens with one attached hydrogen (secondary N) is 1. The van der Waals surface area contributed by atoms with Gasteiger partial charge in [-0.15, -0.1) is 0 Å². The highest BCUT2D eigenvalue weighted by Crippen LogP contribution is 2.25. The summed E-state index contributed by atoms with van der Waals surface area (Å²) >= 11 is 0. The Kier molecular flexibility index (Phi) is 8.23. The molecule has 2 aliphatic rings. The SMILES string of the molecule is COc1cccc(CN(Cc2cccc(N3CCOCC3)c2)c2ccc(CN3CCNC(=O)C3)cc2)c1. The number of hydrogen-bond donors (Lipinski definition) is 1. The smallest absolute Gasteiger partial charge is 0.234 e. The van der Waals surface area contributed by atoms with Crippen LogP contribution in [-0.4, -0.2) is 63.9 Å². The number of benzene rings is 3. The molecule has 0 radical (unpaired) electrons. The van der Waals surface area contributed by atoms with Crippen molar-refractivity contribution < 1.29 is 14.3 Å². The standard InChI is InChI=1S/C30H36N4O3/c1-36-29-7-3-5-26(19-29)22-34(21-25-4-2-6-28(18-25)33-14-16-37-17-15-33)27-10-8-24(9-11-27)20-32-13-12-31-30(35)23-32/h2-11,18-19H,12-17,20-23H2,1H3,(H,31,35). The first-order valence-corrected chi connectivity index (χ1v) is 13.0. The van der Waals surface area contributed by atoms with Crippen LogP contribution in [0.5, 0.6) is 5.75 Å². The van der Waals surface area contributed by atoms with Crippen LogP contribution in [-0.2, 0) is 29.2 Å². The zero-order valence-corrected chi connectivity index (χ0v) is 21.6. The normalized spacial score (nSPS) is 16.4. The molecule has 7 nitrogen and oxygen atoms in total. The summed E-state index contributed by atoms with van der Waals surface area (Å²) in [5.41, 5.74) is 6.11. The highest BCUT2D eigenvalue weighted by Gasteiger charge is 2.17. The molecule has 7 heteroatoms. The van der Waals surface area contributed by atoms with Gasteiger partial charge in [0.1, 0.15) is 5.75 Å². The van der Waals surface area contributed by atoms with E-state index in [-0.39, 0.29) is 5.91 Å². The lowest BCUT2D eigenvalue weighted by Gasteiger charge is -2.30. The van der Waals surface area contributed by atoms with Gasteiger partial charge in [-0.3, -0.25) is 9.69 Å². The molecule has 0 spiro atoms. The largest absolute Gasteiger partial charge is 0.497 e. The van der Waals surface area contributed by atoms with Crippen LogP contribution in [0.15, 0.2) is 72.8 Å². The molecule has 0 bridgehead atoms. The summed E-state index contributed by atoms with van der Waals surface area (Å²) in [5.74, 6) is 0.972. The van der Waals surface area contributed by atoms with Gasteiger partial charge < -0.3 is 24.6 Å². The Morgan fingerprint density at radius 2 is 1.62 bits per heavy atom. The second-order valence-corrected chi connectivity index (χ2v) is 9.70. The highest BCUT2D eigenvalue weighted by molar-refractivity contribution is 5.78. The van der Waals surface area contributed by atoms with Crippen LogP contribution in [0.3, 0.4) is 0 Å². The van der Waals surface area contributed by atoms with E-state index in [4.69, 9.17) is 9.47 Å². The predicted octanol–water partition coefficient (Wildman–Crippen LogP) is 3.67. The monoisotopic (exact) mass is 500 g/mol. The number of rotatable bonds is 9. The van der Waals surface area contributed by atoms with Gasteiger partial charge in [0.2, 0.25) is 5.91 Å². The fraction of sp³-hybridized carbons (Fsp3) is 0.367. The van der Waals surface area contributed by atoms with Crippen molar-refractivity contribution in [2.75, 3.05) is 62.8 Å². The quantitative estimate of drug-likeness (QED) is 0.484. The van der Waals surface area contributed by atoms with Crippen molar-refractivity contribution in [3.63, 3.8) is 0 Å². The van der Waals surface area contributed by atoms with Gasteiger partial charge in [0.15, 0.2) is 0 Å². The van der Waals surface area contributed by atoms with Gasteiger partial charge in [-0.25, -0.2) is 0 Å². The molecule has 0 unspecified atom stereocenters. The van der Waals surface area contributed by atoms with Crippen LogP contribution in [0.2, 0.25) is 0 Å². The summed E-state index contributed by atoms with van der Waals surface area (Å²) < 4.78 is 11.0. The molecule has 0 atom stereocenters. The van der Waals surface area contributed by atoms with E-state index < -0.39 is 0 Å². The zero-order valence-electron chi connectivity index (χ0n) is 21.6. The lowest BCUT2D eigenvalue weighted by atomic mass is 10.1. The van der Waals surface area contributed by atoms with E-state index in [0.717, 1.165) is 64.8 Å². The minimum Gasteiger partial charge on any atom is -0.497 e. The molecule has 2 aliphatic heterocycles. The average Bonchev–Trinajstić information content (AvgIpc) is 2.94. The van der Waals surface area contributed by atoms with E-state index >= 15 is 0 Å². The fourth-order valence-electron chi connectivity index (χ4n) is 5.02. The first-order chi connectivity index (χ1) is 18.2. The Bertz CT molecular complexity index is 1180. The average molecular weight is 501 g/mol. The maximum Gasteiger partial charge on any atom is 0.234 e. The van der Waals surface area contributed by atoms with Gasteiger partial charge in [-0.2, -0.15) is 0 Å². The fourth-order valence-corrected chi connectivity index (χ4v) is 5.02. The van der Waals surface area contributed by atoms with Crippen LogP contribution < -0.4 is 19.9 Å². The van der Waals surface area contributed by atoms with Crippen molar-refractivity contribution in [3.8, 4) is 5.75 Å². The van der Waals surface area contributed by atoms with Crippen molar-refractivity contribution in [1.82, 2.24) is 10.2 Å². The summed E-state index contributed by atoms with van der Waals surface area (Å²) in [7, 11) is 1.71. The van der Waals surface area contributed by atoms with Gasteiger partial charge in [-0.05, 0) is 53.1 Å². The number of amides is 1. The molecule has 0 saturated carbocycles. The van der Waals surface area contributed by atoms with Gasteiger partial charge in [-0.1, -0.05) is 36.4 Å². The second kappa shape index (κ2) is 12.1. The molecule has 5 rings (SSSR count). The summed E-state index contributed by atoms with van der Waals surface area (Å²) in [6.07, 6.45) is 0. The van der Waals surface area contributed by atoms with Crippen LogP contribution >= 0.6 is 0 Å². The number of ether oxygens (including phenoxy) is 2. The molecule has 0 aromatic heterocycles. The van der Waals surface area contributed by atoms with E-state index in [1.165, 1.54) is 28.1 Å². The Morgan fingerprint density at radius 3 is 2.35 bits per heavy atom. The molecule has 1 N–H and O–H groups in total. The lowest BCUT2D eigenvalue weighted by molar-refractivity contribution is -0.124. The van der Waals surface area contributed by atoms with Crippen molar-refractivity contribution >= 4 is 17.3 Å². The number of piperazine rings is 1. The Balaban J connectivity index is 1.35. The second-order valence-electron chi connectivity index (χ2n) is 9.70. The lowest BCUT2D eigenvalue weighted by Crippen LogP contribution is -2.47. The molecule has 3 aromatic carbocycles. The third-order valence-corrected chi connectivity index (χ3v) is 6.99. The molecule has 194 valence electrons. The molecule has 0 aliphatic carbocycles. The first kappa shape index (κ1) is 25.1. The minimum absolute atomic E-state index is 0.103. The molecule has 37 heavy (non-hydrogen) atoms. The zero-order chi connectivity index (χ0) is 25.5. The minimum atomic E-state index is 0.103. The van der Waals surface area contributed by atoms with Crippen LogP contribution in [0.4, 0.5) is 11.4 Å². The van der Waals surface area contributed by atoms with Gasteiger partial charge >= 0.3 is 0 Å². The Hall–Kier alpha value is -3.55. The van der Waals surface area contributed by atoms with Gasteiger partial charge in [0.25, 0.3) is 0 Å². The molecular formula is C30H36N4O3. The Labute approximate surface area is 219 Å². The predicted molar refractivity (Wildman–Crippen MR) is 147 cm³/mol. The summed E-state index contributed by atoms with van der Waals surface area (Å²) in [6, 6.07) is 25.9. The van der Waals surface area contributed by atoms with Crippen LogP contribution in [0.25, 0.3) is 0 Å². The number of nitrogens with zero attached hydrogens (tertiary/aromatic N) is 3. The van der Waals surface area contributed by atoms with Crippen LogP contribution in [0.1, 0.15) is 16.7 Å². The molecular weight excluding hydrogens is 464 g/mol. The van der Waals surface area contributed by atoms with Crippen molar-refractivity contribution in [2.24, 2.45) is 0 Å². The van der Waals surface area contributed by atoms with E-state index in [1.807, 2.05) is 12.1 Å². The Morgan fingerprint density at radius 1 is 0.892 bits per heavy atom. The van der Waals surface area contributed by atoms with E-state index in [9.17, 15) is 4.79 Å². The number of carbonyl (C=O) groups excluding carboxylic acids is 1. The maximum absolute atomic E-state index is 11.7. The highest BCUT2D eigenvalue weighted by atomic mass is 16.5. The molecule has 2 heterocycles. The topological polar surface area (TPSA) is 57.3 Å². The van der Waals surface area contributed by atoms with Crippen molar-refractivity contribution in [3.05, 3.63) is 89.5 Å². The summed E-state index contributed by atoms with van der Waals surface area (Å²) in [6.45, 7) is 7.82. The molecule has 1 amide bonds. The van der Waals surface area contributed by atoms with E-state index in [0.29, 0.717) is 6.54 Å². The summed E-state index contributed by atoms with van der Waals surface area (Å²) in [5, 5.41) is 2.90. The van der Waals surface area contributed by atoms with Gasteiger partial charge in [0.05, 0.1) is 26.9 Å². The summed E-state index contributed by atoms with van der Waals surface area (Å²) in [4.78, 5) is 18.7. The third-order valence-electron chi connectivity index (χ3n) is 6.99. The third kappa shape index (κ3) is 6.81. The first-order valence-electron chi connectivity index (χ1n) is 13.0. The van der Waals surface area contributed by atoms with Crippen LogP contribution in [0, 0.1) is 0 Å². The van der Waals surface area contributed by atoms with E-state index in [1.54, 1.807) is 7.11 Å². The van der Waals surface area contributed by atoms with E-state index in [2.05, 4.69) is 80.7 Å². The number of morpholine rings is 1. The molecule has 2 fully saturated rings. The number of methoxy groups -OCH3 is 1.